The lowest BCUT2D eigenvalue weighted by Crippen LogP contribution is -2.66. The Balaban J connectivity index is 1.67. The van der Waals surface area contributed by atoms with Gasteiger partial charge in [-0.05, 0) is 39.7 Å². The van der Waals surface area contributed by atoms with E-state index in [0.717, 1.165) is 12.8 Å². The third-order valence-corrected chi connectivity index (χ3v) is 12.5. The van der Waals surface area contributed by atoms with Crippen LogP contribution in [-0.4, -0.2) is 20.8 Å². The van der Waals surface area contributed by atoms with Crippen molar-refractivity contribution in [3.8, 4) is 0 Å². The molecule has 1 aliphatic carbocycles. The zero-order valence-electron chi connectivity index (χ0n) is 20.5. The molecule has 4 rings (SSSR count). The van der Waals surface area contributed by atoms with E-state index in [0.29, 0.717) is 18.9 Å². The smallest absolute Gasteiger partial charge is 0.261 e. The van der Waals surface area contributed by atoms with Crippen LogP contribution in [0, 0.1) is 5.92 Å². The maximum absolute atomic E-state index is 12.0. The van der Waals surface area contributed by atoms with E-state index in [9.17, 15) is 4.79 Å². The summed E-state index contributed by atoms with van der Waals surface area (Å²) in [6, 6.07) is 32.1. The fraction of sp³-hybridized carbons (Fsp3) is 0.345. The first-order chi connectivity index (χ1) is 16.3. The Morgan fingerprint density at radius 2 is 1.44 bits per heavy atom. The van der Waals surface area contributed by atoms with E-state index >= 15 is 0 Å². The molecule has 0 aliphatic heterocycles. The second-order valence-corrected chi connectivity index (χ2v) is 14.8. The van der Waals surface area contributed by atoms with Crippen LogP contribution in [0.25, 0.3) is 0 Å². The predicted molar refractivity (Wildman–Crippen MR) is 141 cm³/mol. The molecule has 3 aromatic carbocycles. The SMILES string of the molecule is CC(C)(C)[Si](OCC1CC1(CCC(=O)NN)c1ccccc1)(c1ccccc1)c1ccccc1. The second kappa shape index (κ2) is 9.86. The van der Waals surface area contributed by atoms with Crippen molar-refractivity contribution in [1.82, 2.24) is 5.43 Å². The molecule has 0 spiro atoms. The topological polar surface area (TPSA) is 64.3 Å². The number of nitrogens with one attached hydrogen (secondary N) is 1. The van der Waals surface area contributed by atoms with E-state index < -0.39 is 8.32 Å². The number of nitrogens with two attached hydrogens (primary N) is 1. The standard InChI is InChI=1S/C29H36N2O2Si/c1-28(2,3)34(25-15-9-5-10-16-25,26-17-11-6-12-18-26)33-22-24-21-29(24,20-19-27(32)31-30)23-13-7-4-8-14-23/h4-18,24H,19-22,30H2,1-3H3,(H,31,32). The van der Waals surface area contributed by atoms with Gasteiger partial charge >= 0.3 is 0 Å². The molecule has 3 aromatic rings. The first-order valence-electron chi connectivity index (χ1n) is 12.1. The minimum atomic E-state index is -2.59. The maximum atomic E-state index is 12.0. The van der Waals surface area contributed by atoms with Crippen LogP contribution in [0.3, 0.4) is 0 Å². The van der Waals surface area contributed by atoms with Gasteiger partial charge in [0.25, 0.3) is 8.32 Å². The van der Waals surface area contributed by atoms with Crippen molar-refractivity contribution in [2.45, 2.75) is 50.5 Å². The largest absolute Gasteiger partial charge is 0.407 e. The fourth-order valence-corrected chi connectivity index (χ4v) is 10.2. The van der Waals surface area contributed by atoms with Gasteiger partial charge in [-0.3, -0.25) is 10.2 Å². The Morgan fingerprint density at radius 3 is 1.91 bits per heavy atom. The summed E-state index contributed by atoms with van der Waals surface area (Å²) >= 11 is 0. The summed E-state index contributed by atoms with van der Waals surface area (Å²) in [5, 5.41) is 2.53. The summed E-state index contributed by atoms with van der Waals surface area (Å²) < 4.78 is 7.21. The summed E-state index contributed by atoms with van der Waals surface area (Å²) in [6.07, 6.45) is 2.21. The van der Waals surface area contributed by atoms with Crippen LogP contribution in [0.2, 0.25) is 5.04 Å². The number of amides is 1. The van der Waals surface area contributed by atoms with Gasteiger partial charge in [0, 0.05) is 18.4 Å². The molecule has 5 heteroatoms. The quantitative estimate of drug-likeness (QED) is 0.211. The second-order valence-electron chi connectivity index (χ2n) is 10.5. The van der Waals surface area contributed by atoms with Crippen LogP contribution in [-0.2, 0) is 14.6 Å². The van der Waals surface area contributed by atoms with Gasteiger partial charge in [-0.2, -0.15) is 0 Å². The number of carbonyl (C=O) groups is 1. The van der Waals surface area contributed by atoms with Gasteiger partial charge in [-0.25, -0.2) is 5.84 Å². The van der Waals surface area contributed by atoms with Crippen LogP contribution in [0.4, 0.5) is 0 Å². The number of rotatable bonds is 9. The lowest BCUT2D eigenvalue weighted by Gasteiger charge is -2.43. The highest BCUT2D eigenvalue weighted by molar-refractivity contribution is 6.99. The van der Waals surface area contributed by atoms with Crippen molar-refractivity contribution >= 4 is 24.6 Å². The van der Waals surface area contributed by atoms with Crippen LogP contribution < -0.4 is 21.6 Å². The lowest BCUT2D eigenvalue weighted by atomic mass is 9.88. The minimum Gasteiger partial charge on any atom is -0.407 e. The molecule has 0 bridgehead atoms. The number of benzene rings is 3. The van der Waals surface area contributed by atoms with Crippen molar-refractivity contribution in [3.63, 3.8) is 0 Å². The molecule has 178 valence electrons. The highest BCUT2D eigenvalue weighted by Gasteiger charge is 2.57. The molecule has 1 aliphatic rings. The highest BCUT2D eigenvalue weighted by Crippen LogP contribution is 2.58. The maximum Gasteiger partial charge on any atom is 0.261 e. The molecule has 1 saturated carbocycles. The molecule has 1 amide bonds. The number of hydrogen-bond acceptors (Lipinski definition) is 3. The van der Waals surface area contributed by atoms with Gasteiger partial charge in [-0.1, -0.05) is 112 Å². The molecule has 0 radical (unpaired) electrons. The van der Waals surface area contributed by atoms with Crippen LogP contribution in [0.15, 0.2) is 91.0 Å². The lowest BCUT2D eigenvalue weighted by molar-refractivity contribution is -0.121. The third-order valence-electron chi connectivity index (χ3n) is 7.46. The molecule has 0 aromatic heterocycles. The summed E-state index contributed by atoms with van der Waals surface area (Å²) in [5.74, 6) is 5.62. The van der Waals surface area contributed by atoms with Crippen molar-refractivity contribution in [2.75, 3.05) is 6.61 Å². The number of hydrazine groups is 1. The van der Waals surface area contributed by atoms with Crippen molar-refractivity contribution in [3.05, 3.63) is 96.6 Å². The van der Waals surface area contributed by atoms with E-state index in [1.165, 1.54) is 15.9 Å². The molecule has 34 heavy (non-hydrogen) atoms. The number of hydrogen-bond donors (Lipinski definition) is 2. The molecule has 4 nitrogen and oxygen atoms in total. The van der Waals surface area contributed by atoms with Crippen LogP contribution >= 0.6 is 0 Å². The average molecular weight is 473 g/mol. The van der Waals surface area contributed by atoms with Crippen LogP contribution in [0.1, 0.15) is 45.6 Å². The van der Waals surface area contributed by atoms with Crippen molar-refractivity contribution in [1.29, 1.82) is 0 Å². The fourth-order valence-electron chi connectivity index (χ4n) is 5.57. The molecular formula is C29H36N2O2Si. The first-order valence-corrected chi connectivity index (χ1v) is 14.0. The molecule has 3 N–H and O–H groups in total. The Labute approximate surface area is 204 Å². The average Bonchev–Trinajstić information content (AvgIpc) is 3.58. The van der Waals surface area contributed by atoms with Gasteiger partial charge in [0.1, 0.15) is 0 Å². The third kappa shape index (κ3) is 4.60. The Hall–Kier alpha value is -2.73. The molecule has 1 fully saturated rings. The van der Waals surface area contributed by atoms with Crippen molar-refractivity contribution < 1.29 is 9.22 Å². The normalized spacial score (nSPS) is 20.1. The molecule has 2 atom stereocenters. The number of carbonyl (C=O) groups excluding carboxylic acids is 1. The molecule has 0 heterocycles. The van der Waals surface area contributed by atoms with E-state index in [2.05, 4.69) is 111 Å². The van der Waals surface area contributed by atoms with Gasteiger partial charge in [0.05, 0.1) is 0 Å². The van der Waals surface area contributed by atoms with E-state index in [1.807, 2.05) is 6.07 Å². The highest BCUT2D eigenvalue weighted by atomic mass is 28.4. The summed E-state index contributed by atoms with van der Waals surface area (Å²) in [6.45, 7) is 7.60. The van der Waals surface area contributed by atoms with E-state index in [1.54, 1.807) is 0 Å². The molecular weight excluding hydrogens is 436 g/mol. The molecule has 2 unspecified atom stereocenters. The van der Waals surface area contributed by atoms with Gasteiger partial charge in [-0.15, -0.1) is 0 Å². The summed E-state index contributed by atoms with van der Waals surface area (Å²) in [5.41, 5.74) is 3.53. The minimum absolute atomic E-state index is 0.0425. The van der Waals surface area contributed by atoms with Crippen LogP contribution in [0.5, 0.6) is 0 Å². The molecule has 0 saturated heterocycles. The summed E-state index contributed by atoms with van der Waals surface area (Å²) in [7, 11) is -2.59. The monoisotopic (exact) mass is 472 g/mol. The van der Waals surface area contributed by atoms with E-state index in [-0.39, 0.29) is 16.4 Å². The Kier molecular flexibility index (Phi) is 7.08. The zero-order valence-corrected chi connectivity index (χ0v) is 21.5. The van der Waals surface area contributed by atoms with Crippen molar-refractivity contribution in [2.24, 2.45) is 11.8 Å². The zero-order chi connectivity index (χ0) is 24.2. The first kappa shape index (κ1) is 24.4. The van der Waals surface area contributed by atoms with Gasteiger partial charge < -0.3 is 4.43 Å². The Morgan fingerprint density at radius 1 is 0.941 bits per heavy atom. The van der Waals surface area contributed by atoms with Gasteiger partial charge in [0.15, 0.2) is 0 Å². The van der Waals surface area contributed by atoms with Gasteiger partial charge in [0.2, 0.25) is 5.91 Å². The predicted octanol–water partition coefficient (Wildman–Crippen LogP) is 4.29. The Bertz CT molecular complexity index is 1040. The van der Waals surface area contributed by atoms with E-state index in [4.69, 9.17) is 10.3 Å². The summed E-state index contributed by atoms with van der Waals surface area (Å²) in [4.78, 5) is 12.0.